The Bertz CT molecular complexity index is 710. The van der Waals surface area contributed by atoms with Crippen LogP contribution in [-0.2, 0) is 16.6 Å². The molecule has 0 aromatic heterocycles. The summed E-state index contributed by atoms with van der Waals surface area (Å²) < 4.78 is 22.6. The second-order valence-electron chi connectivity index (χ2n) is 4.63. The molecule has 0 amide bonds. The lowest BCUT2D eigenvalue weighted by atomic mass is 10.1. The average molecular weight is 291 g/mol. The van der Waals surface area contributed by atoms with Crippen LogP contribution in [0, 0.1) is 6.92 Å². The van der Waals surface area contributed by atoms with Gasteiger partial charge in [-0.2, -0.15) is 0 Å². The molecule has 0 aliphatic carbocycles. The molecule has 0 unspecified atom stereocenters. The number of aryl methyl sites for hydroxylation is 1. The Hall–Kier alpha value is -2.05. The van der Waals surface area contributed by atoms with Crippen molar-refractivity contribution in [1.29, 1.82) is 0 Å². The average Bonchev–Trinajstić information content (AvgIpc) is 2.38. The summed E-state index contributed by atoms with van der Waals surface area (Å²) in [5.74, 6) is 0. The van der Waals surface area contributed by atoms with Crippen molar-refractivity contribution < 1.29 is 8.42 Å². The highest BCUT2D eigenvalue weighted by Gasteiger charge is 2.10. The molecule has 106 valence electrons. The van der Waals surface area contributed by atoms with E-state index in [4.69, 9.17) is 10.9 Å². The van der Waals surface area contributed by atoms with Crippen LogP contribution in [0.4, 0.5) is 11.4 Å². The molecule has 2 rings (SSSR count). The molecule has 0 aliphatic heterocycles. The van der Waals surface area contributed by atoms with E-state index in [0.29, 0.717) is 17.9 Å². The van der Waals surface area contributed by atoms with Crippen LogP contribution in [0.1, 0.15) is 11.1 Å². The van der Waals surface area contributed by atoms with Crippen molar-refractivity contribution in [3.8, 4) is 0 Å². The van der Waals surface area contributed by atoms with E-state index in [2.05, 4.69) is 5.32 Å². The first kappa shape index (κ1) is 14.4. The number of nitrogens with one attached hydrogen (secondary N) is 1. The Morgan fingerprint density at radius 2 is 1.75 bits per heavy atom. The van der Waals surface area contributed by atoms with Gasteiger partial charge in [0.25, 0.3) is 0 Å². The molecule has 2 aromatic rings. The Kier molecular flexibility index (Phi) is 3.96. The molecule has 0 radical (unpaired) electrons. The second-order valence-corrected chi connectivity index (χ2v) is 6.19. The molecule has 2 aromatic carbocycles. The molecule has 0 aliphatic rings. The molecule has 0 saturated heterocycles. The number of nitrogens with two attached hydrogens (primary N) is 2. The van der Waals surface area contributed by atoms with Crippen molar-refractivity contribution in [3.63, 3.8) is 0 Å². The molecule has 0 saturated carbocycles. The van der Waals surface area contributed by atoms with Crippen LogP contribution < -0.4 is 16.2 Å². The minimum Gasteiger partial charge on any atom is -0.397 e. The number of anilines is 2. The monoisotopic (exact) mass is 291 g/mol. The lowest BCUT2D eigenvalue weighted by Crippen LogP contribution is -2.13. The third-order valence-electron chi connectivity index (χ3n) is 2.96. The summed E-state index contributed by atoms with van der Waals surface area (Å²) in [6.07, 6.45) is 0. The summed E-state index contributed by atoms with van der Waals surface area (Å²) in [7, 11) is -3.73. The van der Waals surface area contributed by atoms with E-state index in [0.717, 1.165) is 5.56 Å². The lowest BCUT2D eigenvalue weighted by molar-refractivity contribution is 0.598. The van der Waals surface area contributed by atoms with Gasteiger partial charge >= 0.3 is 0 Å². The Morgan fingerprint density at radius 1 is 1.10 bits per heavy atom. The molecule has 0 spiro atoms. The van der Waals surface area contributed by atoms with E-state index >= 15 is 0 Å². The first-order valence-corrected chi connectivity index (χ1v) is 7.62. The smallest absolute Gasteiger partial charge is 0.238 e. The van der Waals surface area contributed by atoms with Gasteiger partial charge in [0.05, 0.1) is 16.3 Å². The first-order valence-electron chi connectivity index (χ1n) is 6.08. The molecular formula is C14H17N3O2S. The fourth-order valence-corrected chi connectivity index (χ4v) is 2.31. The largest absolute Gasteiger partial charge is 0.397 e. The van der Waals surface area contributed by atoms with E-state index in [1.165, 1.54) is 23.8 Å². The first-order chi connectivity index (χ1) is 9.36. The predicted octanol–water partition coefficient (Wildman–Crippen LogP) is 1.84. The Balaban J connectivity index is 2.19. The number of primary sulfonamides is 1. The van der Waals surface area contributed by atoms with Crippen molar-refractivity contribution in [2.45, 2.75) is 18.4 Å². The van der Waals surface area contributed by atoms with Gasteiger partial charge in [0.1, 0.15) is 0 Å². The molecule has 0 atom stereocenters. The van der Waals surface area contributed by atoms with Gasteiger partial charge in [-0.25, -0.2) is 13.6 Å². The minimum atomic E-state index is -3.73. The van der Waals surface area contributed by atoms with Crippen molar-refractivity contribution in [2.24, 2.45) is 5.14 Å². The second kappa shape index (κ2) is 5.52. The molecule has 0 bridgehead atoms. The van der Waals surface area contributed by atoms with Crippen LogP contribution in [-0.4, -0.2) is 8.42 Å². The van der Waals surface area contributed by atoms with Gasteiger partial charge in [-0.15, -0.1) is 0 Å². The van der Waals surface area contributed by atoms with Gasteiger partial charge in [-0.3, -0.25) is 0 Å². The van der Waals surface area contributed by atoms with Crippen molar-refractivity contribution >= 4 is 21.4 Å². The molecule has 5 N–H and O–H groups in total. The van der Waals surface area contributed by atoms with Crippen LogP contribution in [0.2, 0.25) is 0 Å². The molecular weight excluding hydrogens is 274 g/mol. The number of nitrogen functional groups attached to an aromatic ring is 1. The van der Waals surface area contributed by atoms with Gasteiger partial charge in [0.15, 0.2) is 0 Å². The highest BCUT2D eigenvalue weighted by atomic mass is 32.2. The number of sulfonamides is 1. The third-order valence-corrected chi connectivity index (χ3v) is 3.87. The van der Waals surface area contributed by atoms with Gasteiger partial charge < -0.3 is 11.1 Å². The topological polar surface area (TPSA) is 98.2 Å². The zero-order valence-corrected chi connectivity index (χ0v) is 11.9. The lowest BCUT2D eigenvalue weighted by Gasteiger charge is -2.11. The summed E-state index contributed by atoms with van der Waals surface area (Å²) >= 11 is 0. The van der Waals surface area contributed by atoms with Gasteiger partial charge in [-0.05, 0) is 30.7 Å². The van der Waals surface area contributed by atoms with Crippen LogP contribution >= 0.6 is 0 Å². The maximum absolute atomic E-state index is 11.3. The standard InChI is InChI=1S/C14H17N3O2S/c1-10-2-4-11(5-3-10)9-17-14-8-12(20(16,18)19)6-7-13(14)15/h2-8,17H,9,15H2,1H3,(H2,16,18,19). The SMILES string of the molecule is Cc1ccc(CNc2cc(S(N)(=O)=O)ccc2N)cc1. The van der Waals surface area contributed by atoms with Crippen molar-refractivity contribution in [2.75, 3.05) is 11.1 Å². The maximum atomic E-state index is 11.3. The Morgan fingerprint density at radius 3 is 2.35 bits per heavy atom. The highest BCUT2D eigenvalue weighted by molar-refractivity contribution is 7.89. The molecule has 20 heavy (non-hydrogen) atoms. The van der Waals surface area contributed by atoms with E-state index in [-0.39, 0.29) is 4.90 Å². The van der Waals surface area contributed by atoms with Crippen LogP contribution in [0.15, 0.2) is 47.4 Å². The van der Waals surface area contributed by atoms with Gasteiger partial charge in [0, 0.05) is 6.54 Å². The summed E-state index contributed by atoms with van der Waals surface area (Å²) in [5.41, 5.74) is 9.12. The van der Waals surface area contributed by atoms with Crippen LogP contribution in [0.25, 0.3) is 0 Å². The molecule has 0 heterocycles. The van der Waals surface area contributed by atoms with E-state index < -0.39 is 10.0 Å². The maximum Gasteiger partial charge on any atom is 0.238 e. The zero-order valence-electron chi connectivity index (χ0n) is 11.1. The quantitative estimate of drug-likeness (QED) is 0.748. The number of rotatable bonds is 4. The van der Waals surface area contributed by atoms with Crippen LogP contribution in [0.3, 0.4) is 0 Å². The van der Waals surface area contributed by atoms with Gasteiger partial charge in [-0.1, -0.05) is 29.8 Å². The summed E-state index contributed by atoms with van der Waals surface area (Å²) in [6.45, 7) is 2.57. The predicted molar refractivity (Wildman–Crippen MR) is 80.7 cm³/mol. The third kappa shape index (κ3) is 3.49. The summed E-state index contributed by atoms with van der Waals surface area (Å²) in [5, 5.41) is 8.22. The van der Waals surface area contributed by atoms with Crippen LogP contribution in [0.5, 0.6) is 0 Å². The summed E-state index contributed by atoms with van der Waals surface area (Å²) in [6, 6.07) is 12.4. The van der Waals surface area contributed by atoms with Crippen molar-refractivity contribution in [1.82, 2.24) is 0 Å². The summed E-state index contributed by atoms with van der Waals surface area (Å²) in [4.78, 5) is 0.0399. The van der Waals surface area contributed by atoms with E-state index in [1.807, 2.05) is 31.2 Å². The highest BCUT2D eigenvalue weighted by Crippen LogP contribution is 2.22. The van der Waals surface area contributed by atoms with E-state index in [1.54, 1.807) is 0 Å². The molecule has 5 nitrogen and oxygen atoms in total. The fourth-order valence-electron chi connectivity index (χ4n) is 1.77. The molecule has 0 fully saturated rings. The minimum absolute atomic E-state index is 0.0399. The zero-order chi connectivity index (χ0) is 14.8. The normalized spacial score (nSPS) is 11.3. The molecule has 6 heteroatoms. The fraction of sp³-hybridized carbons (Fsp3) is 0.143. The number of hydrogen-bond donors (Lipinski definition) is 3. The number of hydrogen-bond acceptors (Lipinski definition) is 4. The Labute approximate surface area is 118 Å². The van der Waals surface area contributed by atoms with Crippen molar-refractivity contribution in [3.05, 3.63) is 53.6 Å². The van der Waals surface area contributed by atoms with E-state index in [9.17, 15) is 8.42 Å². The number of benzene rings is 2. The van der Waals surface area contributed by atoms with Gasteiger partial charge in [0.2, 0.25) is 10.0 Å².